The Bertz CT molecular complexity index is 270. The van der Waals surface area contributed by atoms with Crippen molar-refractivity contribution in [1.82, 2.24) is 0 Å². The minimum absolute atomic E-state index is 0.0501. The van der Waals surface area contributed by atoms with E-state index in [4.69, 9.17) is 0 Å². The van der Waals surface area contributed by atoms with Crippen LogP contribution in [0, 0.1) is 5.92 Å². The van der Waals surface area contributed by atoms with Gasteiger partial charge in [0.1, 0.15) is 11.6 Å². The molecule has 1 unspecified atom stereocenters. The molecule has 4 heteroatoms. The maximum atomic E-state index is 11.6. The van der Waals surface area contributed by atoms with Crippen molar-refractivity contribution >= 4 is 17.5 Å². The van der Waals surface area contributed by atoms with Gasteiger partial charge in [0.25, 0.3) is 0 Å². The topological polar surface area (TPSA) is 60.4 Å². The van der Waals surface area contributed by atoms with Crippen LogP contribution in [0.1, 0.15) is 39.0 Å². The zero-order chi connectivity index (χ0) is 11.3. The predicted molar refractivity (Wildman–Crippen MR) is 53.2 cm³/mol. The van der Waals surface area contributed by atoms with E-state index in [1.54, 1.807) is 0 Å². The molecule has 15 heavy (non-hydrogen) atoms. The molecule has 0 heterocycles. The summed E-state index contributed by atoms with van der Waals surface area (Å²) < 4.78 is 4.67. The summed E-state index contributed by atoms with van der Waals surface area (Å²) in [6.45, 7) is 1.40. The third-order valence-corrected chi connectivity index (χ3v) is 2.60. The second kappa shape index (κ2) is 5.63. The first-order chi connectivity index (χ1) is 7.11. The van der Waals surface area contributed by atoms with E-state index in [1.807, 2.05) is 0 Å². The molecular weight excluding hydrogens is 196 g/mol. The Kier molecular flexibility index (Phi) is 4.46. The number of ketones is 2. The molecule has 1 fully saturated rings. The maximum absolute atomic E-state index is 11.6. The highest BCUT2D eigenvalue weighted by atomic mass is 16.5. The molecule has 0 radical (unpaired) electrons. The number of hydrogen-bond donors (Lipinski definition) is 0. The van der Waals surface area contributed by atoms with Gasteiger partial charge in [-0.1, -0.05) is 6.42 Å². The zero-order valence-corrected chi connectivity index (χ0v) is 8.95. The highest BCUT2D eigenvalue weighted by Crippen LogP contribution is 2.22. The molecule has 1 aliphatic carbocycles. The lowest BCUT2D eigenvalue weighted by atomic mass is 9.84. The van der Waals surface area contributed by atoms with Gasteiger partial charge < -0.3 is 4.74 Å². The fourth-order valence-corrected chi connectivity index (χ4v) is 1.79. The number of carbonyl (C=O) groups is 3. The monoisotopic (exact) mass is 212 g/mol. The van der Waals surface area contributed by atoms with Gasteiger partial charge in [0.05, 0.1) is 12.5 Å². The maximum Gasteiger partial charge on any atom is 0.302 e. The third-order valence-electron chi connectivity index (χ3n) is 2.60. The molecule has 0 aromatic heterocycles. The number of hydrogen-bond acceptors (Lipinski definition) is 4. The average Bonchev–Trinajstić information content (AvgIpc) is 2.17. The van der Waals surface area contributed by atoms with Crippen molar-refractivity contribution in [3.05, 3.63) is 0 Å². The lowest BCUT2D eigenvalue weighted by Crippen LogP contribution is -2.28. The first kappa shape index (κ1) is 11.9. The van der Waals surface area contributed by atoms with Crippen molar-refractivity contribution in [3.8, 4) is 0 Å². The van der Waals surface area contributed by atoms with Crippen LogP contribution in [0.3, 0.4) is 0 Å². The summed E-state index contributed by atoms with van der Waals surface area (Å²) in [5.41, 5.74) is 0. The van der Waals surface area contributed by atoms with E-state index < -0.39 is 11.9 Å². The summed E-state index contributed by atoms with van der Waals surface area (Å²) in [4.78, 5) is 33.4. The van der Waals surface area contributed by atoms with Gasteiger partial charge in [0.2, 0.25) is 0 Å². The molecule has 1 aliphatic rings. The molecule has 0 bridgehead atoms. The smallest absolute Gasteiger partial charge is 0.302 e. The van der Waals surface area contributed by atoms with Gasteiger partial charge in [0.15, 0.2) is 0 Å². The van der Waals surface area contributed by atoms with Crippen molar-refractivity contribution in [2.75, 3.05) is 6.61 Å². The Labute approximate surface area is 89.0 Å². The van der Waals surface area contributed by atoms with Gasteiger partial charge in [-0.3, -0.25) is 14.4 Å². The molecule has 1 saturated carbocycles. The van der Waals surface area contributed by atoms with Crippen LogP contribution in [0.5, 0.6) is 0 Å². The van der Waals surface area contributed by atoms with Crippen LogP contribution in [-0.2, 0) is 19.1 Å². The lowest BCUT2D eigenvalue weighted by molar-refractivity contribution is -0.142. The third kappa shape index (κ3) is 3.81. The van der Waals surface area contributed by atoms with Gasteiger partial charge in [0, 0.05) is 19.8 Å². The number of esters is 1. The van der Waals surface area contributed by atoms with E-state index in [0.717, 1.165) is 12.8 Å². The fourth-order valence-electron chi connectivity index (χ4n) is 1.79. The molecule has 0 saturated heterocycles. The molecule has 84 valence electrons. The van der Waals surface area contributed by atoms with Crippen LogP contribution < -0.4 is 0 Å². The van der Waals surface area contributed by atoms with E-state index in [0.29, 0.717) is 12.8 Å². The number of carbonyl (C=O) groups excluding carboxylic acids is 3. The lowest BCUT2D eigenvalue weighted by Gasteiger charge is -2.18. The summed E-state index contributed by atoms with van der Waals surface area (Å²) in [7, 11) is 0. The number of rotatable bonds is 4. The molecular formula is C11H16O4. The van der Waals surface area contributed by atoms with Crippen molar-refractivity contribution in [1.29, 1.82) is 0 Å². The highest BCUT2D eigenvalue weighted by Gasteiger charge is 2.28. The van der Waals surface area contributed by atoms with E-state index in [1.165, 1.54) is 6.92 Å². The van der Waals surface area contributed by atoms with Crippen LogP contribution in [0.15, 0.2) is 0 Å². The van der Waals surface area contributed by atoms with E-state index in [2.05, 4.69) is 4.74 Å². The summed E-state index contributed by atoms with van der Waals surface area (Å²) in [6.07, 6.45) is 3.18. The van der Waals surface area contributed by atoms with Crippen LogP contribution in [0.4, 0.5) is 0 Å². The quantitative estimate of drug-likeness (QED) is 0.520. The molecule has 0 spiro atoms. The molecule has 1 rings (SSSR count). The number of Topliss-reactive ketones (excluding diaryl/α,β-unsaturated/α-hetero) is 2. The molecule has 0 aromatic carbocycles. The van der Waals surface area contributed by atoms with Crippen molar-refractivity contribution < 1.29 is 19.1 Å². The average molecular weight is 212 g/mol. The van der Waals surface area contributed by atoms with Crippen molar-refractivity contribution in [2.45, 2.75) is 39.0 Å². The first-order valence-electron chi connectivity index (χ1n) is 5.30. The minimum atomic E-state index is -0.436. The van der Waals surface area contributed by atoms with Crippen LogP contribution in [-0.4, -0.2) is 24.1 Å². The van der Waals surface area contributed by atoms with Crippen molar-refractivity contribution in [2.24, 2.45) is 5.92 Å². The normalized spacial score (nSPS) is 21.1. The Hall–Kier alpha value is -1.19. The molecule has 0 aliphatic heterocycles. The molecule has 0 N–H and O–H groups in total. The molecule has 0 aromatic rings. The molecule has 4 nitrogen and oxygen atoms in total. The SMILES string of the molecule is CC(=O)OCCC(=O)C1CCCCC1=O. The largest absolute Gasteiger partial charge is 0.465 e. The summed E-state index contributed by atoms with van der Waals surface area (Å²) >= 11 is 0. The van der Waals surface area contributed by atoms with E-state index >= 15 is 0 Å². The highest BCUT2D eigenvalue weighted by molar-refractivity contribution is 6.02. The predicted octanol–water partition coefficient (Wildman–Crippen LogP) is 1.27. The summed E-state index contributed by atoms with van der Waals surface area (Å²) in [6, 6.07) is 0. The van der Waals surface area contributed by atoms with E-state index in [-0.39, 0.29) is 24.6 Å². The van der Waals surface area contributed by atoms with Gasteiger partial charge >= 0.3 is 5.97 Å². The Morgan fingerprint density at radius 1 is 1.40 bits per heavy atom. The van der Waals surface area contributed by atoms with Gasteiger partial charge in [-0.2, -0.15) is 0 Å². The van der Waals surface area contributed by atoms with E-state index in [9.17, 15) is 14.4 Å². The fraction of sp³-hybridized carbons (Fsp3) is 0.727. The Morgan fingerprint density at radius 3 is 2.73 bits per heavy atom. The number of ether oxygens (including phenoxy) is 1. The summed E-state index contributed by atoms with van der Waals surface area (Å²) in [5.74, 6) is -0.859. The van der Waals surface area contributed by atoms with Crippen LogP contribution in [0.25, 0.3) is 0 Å². The molecule has 1 atom stereocenters. The van der Waals surface area contributed by atoms with Crippen LogP contribution >= 0.6 is 0 Å². The zero-order valence-electron chi connectivity index (χ0n) is 8.95. The van der Waals surface area contributed by atoms with Gasteiger partial charge in [-0.25, -0.2) is 0 Å². The Balaban J connectivity index is 2.32. The second-order valence-electron chi connectivity index (χ2n) is 3.82. The van der Waals surface area contributed by atoms with Crippen molar-refractivity contribution in [3.63, 3.8) is 0 Å². The summed E-state index contributed by atoms with van der Waals surface area (Å²) in [5, 5.41) is 0. The second-order valence-corrected chi connectivity index (χ2v) is 3.82. The standard InChI is InChI=1S/C11H16O4/c1-8(12)15-7-6-11(14)9-4-2-3-5-10(9)13/h9H,2-7H2,1H3. The Morgan fingerprint density at radius 2 is 2.13 bits per heavy atom. The van der Waals surface area contributed by atoms with Gasteiger partial charge in [-0.05, 0) is 12.8 Å². The molecule has 0 amide bonds. The van der Waals surface area contributed by atoms with Gasteiger partial charge in [-0.15, -0.1) is 0 Å². The minimum Gasteiger partial charge on any atom is -0.465 e. The van der Waals surface area contributed by atoms with Crippen LogP contribution in [0.2, 0.25) is 0 Å². The first-order valence-corrected chi connectivity index (χ1v) is 5.30.